The van der Waals surface area contributed by atoms with Crippen molar-refractivity contribution in [2.45, 2.75) is 32.8 Å². The Balaban J connectivity index is 2.63. The van der Waals surface area contributed by atoms with Crippen LogP contribution in [0.15, 0.2) is 12.1 Å². The molecule has 0 aromatic heterocycles. The highest BCUT2D eigenvalue weighted by molar-refractivity contribution is 6.39. The molecule has 8 heteroatoms. The van der Waals surface area contributed by atoms with E-state index in [1.807, 2.05) is 13.8 Å². The molecule has 0 spiro atoms. The lowest BCUT2D eigenvalue weighted by atomic mass is 9.96. The summed E-state index contributed by atoms with van der Waals surface area (Å²) in [5, 5.41) is 13.8. The molecule has 3 N–H and O–H groups in total. The van der Waals surface area contributed by atoms with Crippen molar-refractivity contribution < 1.29 is 27.9 Å². The number of anilines is 1. The molecule has 1 aromatic rings. The van der Waals surface area contributed by atoms with Gasteiger partial charge in [0.25, 0.3) is 0 Å². The highest BCUT2D eigenvalue weighted by atomic mass is 19.1. The van der Waals surface area contributed by atoms with E-state index in [9.17, 15) is 27.9 Å². The topological polar surface area (TPSA) is 78.4 Å². The second-order valence-electron chi connectivity index (χ2n) is 5.05. The molecule has 128 valence electrons. The average molecular weight is 332 g/mol. The standard InChI is InChI=1S/C15H19F3N2O3/c1-3-8(4-2)12(21)7-19-14(22)15(23)20-13-10(17)5-9(16)6-11(13)18/h5-6,8,12,21H,3-4,7H2,1-2H3,(H,19,22)(H,20,23). The van der Waals surface area contributed by atoms with E-state index >= 15 is 0 Å². The molecule has 0 saturated carbocycles. The van der Waals surface area contributed by atoms with Crippen molar-refractivity contribution in [3.8, 4) is 0 Å². The largest absolute Gasteiger partial charge is 0.391 e. The Bertz CT molecular complexity index is 554. The molecule has 0 saturated heterocycles. The van der Waals surface area contributed by atoms with Crippen LogP contribution in [0.25, 0.3) is 0 Å². The molecule has 1 atom stereocenters. The Hall–Kier alpha value is -2.09. The third kappa shape index (κ3) is 5.24. The molecule has 0 radical (unpaired) electrons. The van der Waals surface area contributed by atoms with E-state index < -0.39 is 41.1 Å². The van der Waals surface area contributed by atoms with Crippen LogP contribution < -0.4 is 10.6 Å². The quantitative estimate of drug-likeness (QED) is 0.697. The Morgan fingerprint density at radius 3 is 2.09 bits per heavy atom. The first-order chi connectivity index (χ1) is 10.8. The van der Waals surface area contributed by atoms with E-state index in [0.717, 1.165) is 0 Å². The number of halogens is 3. The summed E-state index contributed by atoms with van der Waals surface area (Å²) in [6, 6.07) is 0.765. The summed E-state index contributed by atoms with van der Waals surface area (Å²) in [6.07, 6.45) is 0.568. The van der Waals surface area contributed by atoms with E-state index in [4.69, 9.17) is 0 Å². The van der Waals surface area contributed by atoms with Gasteiger partial charge in [-0.1, -0.05) is 26.7 Å². The van der Waals surface area contributed by atoms with Gasteiger partial charge in [0.15, 0.2) is 11.6 Å². The zero-order chi connectivity index (χ0) is 17.6. The highest BCUT2D eigenvalue weighted by Gasteiger charge is 2.21. The number of rotatable bonds is 6. The van der Waals surface area contributed by atoms with E-state index in [1.165, 1.54) is 0 Å². The number of aliphatic hydroxyl groups is 1. The lowest BCUT2D eigenvalue weighted by Crippen LogP contribution is -2.41. The lowest BCUT2D eigenvalue weighted by Gasteiger charge is -2.20. The maximum Gasteiger partial charge on any atom is 0.313 e. The van der Waals surface area contributed by atoms with Crippen LogP contribution >= 0.6 is 0 Å². The Labute approximate surface area is 131 Å². The summed E-state index contributed by atoms with van der Waals surface area (Å²) in [5.41, 5.74) is -0.910. The second-order valence-corrected chi connectivity index (χ2v) is 5.05. The summed E-state index contributed by atoms with van der Waals surface area (Å²) in [6.45, 7) is 3.60. The minimum absolute atomic E-state index is 0.0367. The molecular weight excluding hydrogens is 313 g/mol. The van der Waals surface area contributed by atoms with Gasteiger partial charge in [-0.2, -0.15) is 0 Å². The van der Waals surface area contributed by atoms with Gasteiger partial charge in [0, 0.05) is 18.7 Å². The smallest absolute Gasteiger partial charge is 0.313 e. The molecule has 1 rings (SSSR count). The van der Waals surface area contributed by atoms with Crippen LogP contribution in [-0.4, -0.2) is 29.6 Å². The fraction of sp³-hybridized carbons (Fsp3) is 0.467. The third-order valence-corrected chi connectivity index (χ3v) is 3.52. The highest BCUT2D eigenvalue weighted by Crippen LogP contribution is 2.20. The second kappa shape index (κ2) is 8.52. The number of amides is 2. The number of carbonyl (C=O) groups excluding carboxylic acids is 2. The Morgan fingerprint density at radius 2 is 1.61 bits per heavy atom. The predicted molar refractivity (Wildman–Crippen MR) is 78.0 cm³/mol. The summed E-state index contributed by atoms with van der Waals surface area (Å²) in [4.78, 5) is 23.2. The van der Waals surface area contributed by atoms with Crippen LogP contribution in [0.2, 0.25) is 0 Å². The molecule has 0 bridgehead atoms. The fourth-order valence-corrected chi connectivity index (χ4v) is 2.11. The molecule has 0 fully saturated rings. The number of benzene rings is 1. The van der Waals surface area contributed by atoms with Crippen molar-refractivity contribution in [2.24, 2.45) is 5.92 Å². The van der Waals surface area contributed by atoms with Crippen LogP contribution in [0.5, 0.6) is 0 Å². The number of carbonyl (C=O) groups is 2. The van der Waals surface area contributed by atoms with Gasteiger partial charge in [0.2, 0.25) is 0 Å². The average Bonchev–Trinajstić information content (AvgIpc) is 2.49. The molecule has 5 nitrogen and oxygen atoms in total. The maximum atomic E-state index is 13.4. The molecule has 2 amide bonds. The van der Waals surface area contributed by atoms with Crippen molar-refractivity contribution in [2.75, 3.05) is 11.9 Å². The summed E-state index contributed by atoms with van der Waals surface area (Å²) in [5.74, 6) is -6.31. The lowest BCUT2D eigenvalue weighted by molar-refractivity contribution is -0.136. The van der Waals surface area contributed by atoms with Crippen molar-refractivity contribution in [3.63, 3.8) is 0 Å². The van der Waals surface area contributed by atoms with E-state index in [2.05, 4.69) is 5.32 Å². The predicted octanol–water partition coefficient (Wildman–Crippen LogP) is 1.96. The van der Waals surface area contributed by atoms with Crippen molar-refractivity contribution in [1.82, 2.24) is 5.32 Å². The van der Waals surface area contributed by atoms with Gasteiger partial charge >= 0.3 is 11.8 Å². The van der Waals surface area contributed by atoms with Gasteiger partial charge in [0.1, 0.15) is 11.5 Å². The van der Waals surface area contributed by atoms with Crippen molar-refractivity contribution in [3.05, 3.63) is 29.6 Å². The molecule has 0 aliphatic heterocycles. The van der Waals surface area contributed by atoms with Gasteiger partial charge in [-0.15, -0.1) is 0 Å². The molecular formula is C15H19F3N2O3. The summed E-state index contributed by atoms with van der Waals surface area (Å²) >= 11 is 0. The number of aliphatic hydroxyl groups excluding tert-OH is 1. The summed E-state index contributed by atoms with van der Waals surface area (Å²) in [7, 11) is 0. The third-order valence-electron chi connectivity index (χ3n) is 3.52. The SMILES string of the molecule is CCC(CC)C(O)CNC(=O)C(=O)Nc1c(F)cc(F)cc1F. The first-order valence-electron chi connectivity index (χ1n) is 7.21. The Kier molecular flexibility index (Phi) is 7.02. The van der Waals surface area contributed by atoms with Crippen LogP contribution in [0.1, 0.15) is 26.7 Å². The van der Waals surface area contributed by atoms with Crippen LogP contribution in [0.3, 0.4) is 0 Å². The molecule has 0 aliphatic carbocycles. The number of hydrogen-bond acceptors (Lipinski definition) is 3. The van der Waals surface area contributed by atoms with Gasteiger partial charge in [-0.3, -0.25) is 9.59 Å². The number of nitrogens with one attached hydrogen (secondary N) is 2. The first-order valence-corrected chi connectivity index (χ1v) is 7.21. The summed E-state index contributed by atoms with van der Waals surface area (Å²) < 4.78 is 39.5. The van der Waals surface area contributed by atoms with Gasteiger partial charge in [0.05, 0.1) is 6.10 Å². The van der Waals surface area contributed by atoms with Crippen molar-refractivity contribution >= 4 is 17.5 Å². The van der Waals surface area contributed by atoms with Crippen molar-refractivity contribution in [1.29, 1.82) is 0 Å². The zero-order valence-corrected chi connectivity index (χ0v) is 12.8. The Morgan fingerprint density at radius 1 is 1.09 bits per heavy atom. The zero-order valence-electron chi connectivity index (χ0n) is 12.8. The van der Waals surface area contributed by atoms with Crippen LogP contribution in [0, 0.1) is 23.4 Å². The minimum atomic E-state index is -1.33. The first kappa shape index (κ1) is 19.0. The van der Waals surface area contributed by atoms with Gasteiger partial charge in [-0.25, -0.2) is 13.2 Å². The maximum absolute atomic E-state index is 13.4. The van der Waals surface area contributed by atoms with E-state index in [-0.39, 0.29) is 12.5 Å². The minimum Gasteiger partial charge on any atom is -0.391 e. The molecule has 0 aliphatic rings. The van der Waals surface area contributed by atoms with Crippen LogP contribution in [-0.2, 0) is 9.59 Å². The van der Waals surface area contributed by atoms with Crippen LogP contribution in [0.4, 0.5) is 18.9 Å². The fourth-order valence-electron chi connectivity index (χ4n) is 2.11. The monoisotopic (exact) mass is 332 g/mol. The molecule has 23 heavy (non-hydrogen) atoms. The van der Waals surface area contributed by atoms with Gasteiger partial charge in [-0.05, 0) is 5.92 Å². The molecule has 1 unspecified atom stereocenters. The molecule has 1 aromatic carbocycles. The normalized spacial score (nSPS) is 12.1. The van der Waals surface area contributed by atoms with E-state index in [1.54, 1.807) is 5.32 Å². The van der Waals surface area contributed by atoms with Gasteiger partial charge < -0.3 is 15.7 Å². The number of hydrogen-bond donors (Lipinski definition) is 3. The molecule has 0 heterocycles. The van der Waals surface area contributed by atoms with E-state index in [0.29, 0.717) is 25.0 Å².